The highest BCUT2D eigenvalue weighted by atomic mass is 28.4. The molecule has 6 atom stereocenters. The van der Waals surface area contributed by atoms with Crippen LogP contribution in [0.5, 0.6) is 0 Å². The first-order valence-corrected chi connectivity index (χ1v) is 19.6. The van der Waals surface area contributed by atoms with Crippen LogP contribution in [0.4, 0.5) is 0 Å². The molecule has 3 nitrogen and oxygen atoms in total. The lowest BCUT2D eigenvalue weighted by Gasteiger charge is -2.61. The number of carbonyl (C=O) groups is 1. The predicted molar refractivity (Wildman–Crippen MR) is 175 cm³/mol. The van der Waals surface area contributed by atoms with Crippen molar-refractivity contribution in [2.75, 3.05) is 7.11 Å². The van der Waals surface area contributed by atoms with E-state index < -0.39 is 8.32 Å². The Bertz CT molecular complexity index is 1100. The van der Waals surface area contributed by atoms with E-state index in [1.165, 1.54) is 44.1 Å². The van der Waals surface area contributed by atoms with Crippen LogP contribution >= 0.6 is 0 Å². The number of rotatable bonds is 8. The summed E-state index contributed by atoms with van der Waals surface area (Å²) < 4.78 is 12.4. The first-order valence-electron chi connectivity index (χ1n) is 16.7. The van der Waals surface area contributed by atoms with E-state index in [1.807, 2.05) is 0 Å². The topological polar surface area (TPSA) is 35.5 Å². The van der Waals surface area contributed by atoms with Gasteiger partial charge in [-0.05, 0) is 135 Å². The van der Waals surface area contributed by atoms with Crippen LogP contribution in [0.1, 0.15) is 127 Å². The van der Waals surface area contributed by atoms with Gasteiger partial charge in [0.25, 0.3) is 0 Å². The second kappa shape index (κ2) is 11.4. The van der Waals surface area contributed by atoms with Gasteiger partial charge in [-0.1, -0.05) is 71.8 Å². The van der Waals surface area contributed by atoms with Crippen molar-refractivity contribution in [1.29, 1.82) is 0 Å². The van der Waals surface area contributed by atoms with Crippen LogP contribution < -0.4 is 0 Å². The number of hydrogen-bond acceptors (Lipinski definition) is 3. The van der Waals surface area contributed by atoms with Gasteiger partial charge in [-0.25, -0.2) is 0 Å². The van der Waals surface area contributed by atoms with E-state index in [-0.39, 0.29) is 27.3 Å². The van der Waals surface area contributed by atoms with E-state index in [0.717, 1.165) is 19.3 Å². The third kappa shape index (κ3) is 5.87. The lowest BCUT2D eigenvalue weighted by Crippen LogP contribution is -2.57. The van der Waals surface area contributed by atoms with Crippen LogP contribution in [0.25, 0.3) is 0 Å². The van der Waals surface area contributed by atoms with Gasteiger partial charge in [-0.2, -0.15) is 0 Å². The third-order valence-corrected chi connectivity index (χ3v) is 17.4. The van der Waals surface area contributed by atoms with Crippen LogP contribution in [0.3, 0.4) is 0 Å². The molecular weight excluding hydrogens is 520 g/mol. The summed E-state index contributed by atoms with van der Waals surface area (Å²) in [6.45, 7) is 26.5. The zero-order valence-corrected chi connectivity index (χ0v) is 29.8. The molecule has 1 saturated carbocycles. The highest BCUT2D eigenvalue weighted by molar-refractivity contribution is 6.74. The van der Waals surface area contributed by atoms with Crippen LogP contribution in [-0.4, -0.2) is 27.5 Å². The van der Waals surface area contributed by atoms with Gasteiger partial charge in [-0.3, -0.25) is 4.79 Å². The minimum Gasteiger partial charge on any atom is -0.469 e. The highest BCUT2D eigenvalue weighted by Gasteiger charge is 2.59. The molecule has 0 aromatic carbocycles. The molecule has 0 unspecified atom stereocenters. The van der Waals surface area contributed by atoms with Gasteiger partial charge in [0.15, 0.2) is 8.32 Å². The molecule has 1 fully saturated rings. The van der Waals surface area contributed by atoms with Crippen molar-refractivity contribution in [3.63, 3.8) is 0 Å². The van der Waals surface area contributed by atoms with Crippen molar-refractivity contribution in [2.24, 2.45) is 34.0 Å². The first kappa shape index (κ1) is 32.8. The number of esters is 1. The minimum absolute atomic E-state index is 0.0492. The highest BCUT2D eigenvalue weighted by Crippen LogP contribution is 2.67. The van der Waals surface area contributed by atoms with E-state index in [2.05, 4.69) is 87.6 Å². The summed E-state index contributed by atoms with van der Waals surface area (Å²) in [5.41, 5.74) is 7.11. The fraction of sp³-hybridized carbons (Fsp3) is 0.811. The standard InChI is InChI=1S/C37H62O3Si/c1-25(2)14-13-15-26(24-33(38)39-10)28-17-18-29-27-16-19-31-35(6,7)32(40-41(11,12)34(3,4)5)21-23-37(31,9)30(27)20-22-36(28,29)8/h14,18,26,28,31-32H,13,15-17,19-24H2,1-12H3/t26-,28+,31-,32-,36+,37+/m0/s1. The predicted octanol–water partition coefficient (Wildman–Crippen LogP) is 10.6. The Morgan fingerprint density at radius 3 is 2.37 bits per heavy atom. The third-order valence-electron chi connectivity index (χ3n) is 12.9. The van der Waals surface area contributed by atoms with Crippen molar-refractivity contribution in [3.05, 3.63) is 34.4 Å². The maximum absolute atomic E-state index is 12.5. The average molecular weight is 583 g/mol. The lowest BCUT2D eigenvalue weighted by atomic mass is 9.46. The number of hydrogen-bond donors (Lipinski definition) is 0. The SMILES string of the molecule is COC(=O)C[C@H](CCC=C(C)C)[C@H]1CC=C2C3=C(CC[C@@]21C)[C@@]1(C)CC[C@H](O[Si](C)(C)C(C)(C)C)C(C)(C)[C@@H]1CC3. The summed E-state index contributed by atoms with van der Waals surface area (Å²) in [4.78, 5) is 12.5. The van der Waals surface area contributed by atoms with Crippen molar-refractivity contribution in [1.82, 2.24) is 0 Å². The lowest BCUT2D eigenvalue weighted by molar-refractivity contribution is -0.142. The molecule has 4 aliphatic rings. The molecule has 0 amide bonds. The van der Waals surface area contributed by atoms with Gasteiger partial charge in [0.05, 0.1) is 13.2 Å². The van der Waals surface area contributed by atoms with E-state index in [4.69, 9.17) is 9.16 Å². The van der Waals surface area contributed by atoms with Gasteiger partial charge in [0.2, 0.25) is 0 Å². The van der Waals surface area contributed by atoms with Crippen molar-refractivity contribution >= 4 is 14.3 Å². The number of ether oxygens (including phenoxy) is 1. The second-order valence-electron chi connectivity index (χ2n) is 17.0. The molecular formula is C37H62O3Si. The average Bonchev–Trinajstić information content (AvgIpc) is 3.21. The molecule has 0 heterocycles. The van der Waals surface area contributed by atoms with E-state index in [1.54, 1.807) is 23.8 Å². The summed E-state index contributed by atoms with van der Waals surface area (Å²) in [6.07, 6.45) is 16.4. The molecule has 41 heavy (non-hydrogen) atoms. The van der Waals surface area contributed by atoms with Crippen molar-refractivity contribution < 1.29 is 14.0 Å². The molecule has 4 aliphatic carbocycles. The fourth-order valence-electron chi connectivity index (χ4n) is 9.49. The Kier molecular flexibility index (Phi) is 9.13. The number of allylic oxidation sites excluding steroid dienone is 6. The van der Waals surface area contributed by atoms with Gasteiger partial charge in [-0.15, -0.1) is 0 Å². The zero-order valence-electron chi connectivity index (χ0n) is 28.8. The van der Waals surface area contributed by atoms with Gasteiger partial charge >= 0.3 is 5.97 Å². The smallest absolute Gasteiger partial charge is 0.305 e. The first-order chi connectivity index (χ1) is 18.9. The summed E-state index contributed by atoms with van der Waals surface area (Å²) in [5.74, 6) is 1.50. The molecule has 0 aromatic rings. The summed E-state index contributed by atoms with van der Waals surface area (Å²) in [6, 6.07) is 0. The molecule has 0 saturated heterocycles. The quantitative estimate of drug-likeness (QED) is 0.162. The van der Waals surface area contributed by atoms with E-state index in [9.17, 15) is 4.79 Å². The maximum atomic E-state index is 12.5. The normalized spacial score (nSPS) is 33.8. The Morgan fingerprint density at radius 1 is 1.07 bits per heavy atom. The second-order valence-corrected chi connectivity index (χ2v) is 21.7. The maximum Gasteiger partial charge on any atom is 0.305 e. The molecule has 0 N–H and O–H groups in total. The summed E-state index contributed by atoms with van der Waals surface area (Å²) in [7, 11) is -0.290. The monoisotopic (exact) mass is 582 g/mol. The summed E-state index contributed by atoms with van der Waals surface area (Å²) >= 11 is 0. The van der Waals surface area contributed by atoms with Gasteiger partial charge < -0.3 is 9.16 Å². The molecule has 0 bridgehead atoms. The Balaban J connectivity index is 1.60. The van der Waals surface area contributed by atoms with Gasteiger partial charge in [0, 0.05) is 6.42 Å². The van der Waals surface area contributed by atoms with Crippen molar-refractivity contribution in [3.8, 4) is 0 Å². The zero-order chi connectivity index (χ0) is 30.6. The van der Waals surface area contributed by atoms with Crippen LogP contribution in [0.2, 0.25) is 18.1 Å². The molecule has 0 aliphatic heterocycles. The number of carbonyl (C=O) groups excluding carboxylic acids is 1. The fourth-order valence-corrected chi connectivity index (χ4v) is 11.0. The van der Waals surface area contributed by atoms with E-state index >= 15 is 0 Å². The van der Waals surface area contributed by atoms with Crippen LogP contribution in [-0.2, 0) is 14.0 Å². The van der Waals surface area contributed by atoms with Crippen molar-refractivity contribution in [2.45, 2.75) is 151 Å². The summed E-state index contributed by atoms with van der Waals surface area (Å²) in [5, 5.41) is 0.239. The molecule has 232 valence electrons. The number of fused-ring (bicyclic) bond motifs is 4. The molecule has 0 spiro atoms. The Hall–Kier alpha value is -1.13. The molecule has 4 heteroatoms. The van der Waals surface area contributed by atoms with Crippen LogP contribution in [0, 0.1) is 34.0 Å². The van der Waals surface area contributed by atoms with E-state index in [0.29, 0.717) is 30.3 Å². The Labute approximate surface area is 254 Å². The molecule has 4 rings (SSSR count). The molecule has 0 aromatic heterocycles. The number of methoxy groups -OCH3 is 1. The van der Waals surface area contributed by atoms with Crippen LogP contribution in [0.15, 0.2) is 34.4 Å². The minimum atomic E-state index is -1.83. The Morgan fingerprint density at radius 2 is 1.76 bits per heavy atom. The largest absolute Gasteiger partial charge is 0.469 e. The molecule has 0 radical (unpaired) electrons. The van der Waals surface area contributed by atoms with Gasteiger partial charge in [0.1, 0.15) is 0 Å².